The minimum atomic E-state index is -0.453. The monoisotopic (exact) mass is 252 g/mol. The zero-order valence-corrected chi connectivity index (χ0v) is 10.5. The number of carbonyl (C=O) groups is 1. The van der Waals surface area contributed by atoms with Crippen molar-refractivity contribution in [2.24, 2.45) is 0 Å². The summed E-state index contributed by atoms with van der Waals surface area (Å²) in [6.07, 6.45) is 0.833. The molecule has 0 aromatic heterocycles. The summed E-state index contributed by atoms with van der Waals surface area (Å²) < 4.78 is 4.61. The molecule has 0 fully saturated rings. The maximum absolute atomic E-state index is 11.3. The van der Waals surface area contributed by atoms with Gasteiger partial charge in [0.2, 0.25) is 0 Å². The molecule has 1 rings (SSSR count). The molecule has 0 bridgehead atoms. The Labute approximate surface area is 105 Å². The van der Waals surface area contributed by atoms with Gasteiger partial charge in [-0.2, -0.15) is 0 Å². The van der Waals surface area contributed by atoms with Crippen molar-refractivity contribution < 1.29 is 14.5 Å². The van der Waals surface area contributed by atoms with Gasteiger partial charge >= 0.3 is 5.97 Å². The molecule has 0 atom stereocenters. The molecule has 0 saturated carbocycles. The van der Waals surface area contributed by atoms with Crippen LogP contribution in [0.25, 0.3) is 0 Å². The summed E-state index contributed by atoms with van der Waals surface area (Å²) in [5.41, 5.74) is 0.662. The first-order chi connectivity index (χ1) is 8.58. The van der Waals surface area contributed by atoms with Crippen molar-refractivity contribution in [2.45, 2.75) is 13.3 Å². The van der Waals surface area contributed by atoms with Gasteiger partial charge in [-0.15, -0.1) is 0 Å². The van der Waals surface area contributed by atoms with E-state index < -0.39 is 4.92 Å². The number of benzene rings is 1. The van der Waals surface area contributed by atoms with Crippen molar-refractivity contribution in [1.29, 1.82) is 0 Å². The second-order valence-corrected chi connectivity index (χ2v) is 3.77. The number of rotatable bonds is 6. The number of anilines is 1. The van der Waals surface area contributed by atoms with E-state index in [9.17, 15) is 14.9 Å². The first kappa shape index (κ1) is 14.0. The Balaban J connectivity index is 2.94. The summed E-state index contributed by atoms with van der Waals surface area (Å²) >= 11 is 0. The van der Waals surface area contributed by atoms with Crippen LogP contribution >= 0.6 is 0 Å². The smallest absolute Gasteiger partial charge is 0.325 e. The number of nitrogens with zero attached hydrogens (tertiary/aromatic N) is 2. The third kappa shape index (κ3) is 3.73. The molecule has 0 aliphatic heterocycles. The van der Waals surface area contributed by atoms with E-state index in [1.807, 2.05) is 6.92 Å². The van der Waals surface area contributed by atoms with Gasteiger partial charge in [0, 0.05) is 24.4 Å². The molecule has 0 unspecified atom stereocenters. The molecule has 0 aliphatic carbocycles. The van der Waals surface area contributed by atoms with Gasteiger partial charge in [-0.1, -0.05) is 13.0 Å². The third-order valence-electron chi connectivity index (χ3n) is 2.45. The van der Waals surface area contributed by atoms with E-state index in [4.69, 9.17) is 0 Å². The molecule has 0 heterocycles. The minimum absolute atomic E-state index is 0.0125. The highest BCUT2D eigenvalue weighted by atomic mass is 16.6. The Kier molecular flexibility index (Phi) is 5.10. The standard InChI is InChI=1S/C12H16N2O4/c1-3-7-13(9-12(15)18-2)10-5-4-6-11(8-10)14(16)17/h4-6,8H,3,7,9H2,1-2H3. The Hall–Kier alpha value is -2.11. The van der Waals surface area contributed by atoms with Crippen LogP contribution in [0.1, 0.15) is 13.3 Å². The Morgan fingerprint density at radius 2 is 2.22 bits per heavy atom. The second kappa shape index (κ2) is 6.58. The Bertz CT molecular complexity index is 434. The van der Waals surface area contributed by atoms with E-state index in [0.717, 1.165) is 6.42 Å². The summed E-state index contributed by atoms with van der Waals surface area (Å²) in [6.45, 7) is 2.70. The lowest BCUT2D eigenvalue weighted by Gasteiger charge is -2.22. The molecule has 6 nitrogen and oxygen atoms in total. The van der Waals surface area contributed by atoms with Crippen molar-refractivity contribution in [3.63, 3.8) is 0 Å². The fourth-order valence-corrected chi connectivity index (χ4v) is 1.59. The molecule has 0 N–H and O–H groups in total. The van der Waals surface area contributed by atoms with Gasteiger partial charge in [-0.25, -0.2) is 0 Å². The van der Waals surface area contributed by atoms with Crippen molar-refractivity contribution in [3.8, 4) is 0 Å². The lowest BCUT2D eigenvalue weighted by molar-refractivity contribution is -0.384. The SMILES string of the molecule is CCCN(CC(=O)OC)c1cccc([N+](=O)[O-])c1. The number of nitro groups is 1. The van der Waals surface area contributed by atoms with Crippen LogP contribution in [-0.2, 0) is 9.53 Å². The zero-order chi connectivity index (χ0) is 13.5. The Morgan fingerprint density at radius 1 is 1.50 bits per heavy atom. The predicted octanol–water partition coefficient (Wildman–Crippen LogP) is 1.98. The summed E-state index contributed by atoms with van der Waals surface area (Å²) in [7, 11) is 1.32. The molecular weight excluding hydrogens is 236 g/mol. The molecule has 0 spiro atoms. The quantitative estimate of drug-likeness (QED) is 0.439. The van der Waals surface area contributed by atoms with E-state index in [1.165, 1.54) is 19.2 Å². The largest absolute Gasteiger partial charge is 0.468 e. The Morgan fingerprint density at radius 3 is 2.78 bits per heavy atom. The van der Waals surface area contributed by atoms with Gasteiger partial charge < -0.3 is 9.64 Å². The van der Waals surface area contributed by atoms with Gasteiger partial charge in [0.05, 0.1) is 12.0 Å². The van der Waals surface area contributed by atoms with Crippen LogP contribution in [0.4, 0.5) is 11.4 Å². The highest BCUT2D eigenvalue weighted by Crippen LogP contribution is 2.21. The lowest BCUT2D eigenvalue weighted by Crippen LogP contribution is -2.31. The molecule has 6 heteroatoms. The highest BCUT2D eigenvalue weighted by molar-refractivity contribution is 5.76. The fourth-order valence-electron chi connectivity index (χ4n) is 1.59. The van der Waals surface area contributed by atoms with Crippen molar-refractivity contribution in [2.75, 3.05) is 25.1 Å². The second-order valence-electron chi connectivity index (χ2n) is 3.77. The van der Waals surface area contributed by atoms with Crippen molar-refractivity contribution in [3.05, 3.63) is 34.4 Å². The number of hydrogen-bond acceptors (Lipinski definition) is 5. The van der Waals surface area contributed by atoms with Gasteiger partial charge in [0.1, 0.15) is 6.54 Å². The number of ether oxygens (including phenoxy) is 1. The number of hydrogen-bond donors (Lipinski definition) is 0. The average Bonchev–Trinajstić information content (AvgIpc) is 2.38. The van der Waals surface area contributed by atoms with Gasteiger partial charge in [0.25, 0.3) is 5.69 Å². The van der Waals surface area contributed by atoms with Crippen LogP contribution in [0.3, 0.4) is 0 Å². The van der Waals surface area contributed by atoms with Crippen LogP contribution in [0.2, 0.25) is 0 Å². The molecule has 18 heavy (non-hydrogen) atoms. The molecule has 0 amide bonds. The van der Waals surface area contributed by atoms with Crippen LogP contribution in [0.15, 0.2) is 24.3 Å². The van der Waals surface area contributed by atoms with Crippen LogP contribution in [0.5, 0.6) is 0 Å². The van der Waals surface area contributed by atoms with E-state index in [1.54, 1.807) is 17.0 Å². The van der Waals surface area contributed by atoms with Gasteiger partial charge in [0.15, 0.2) is 0 Å². The van der Waals surface area contributed by atoms with Crippen LogP contribution in [-0.4, -0.2) is 31.1 Å². The first-order valence-corrected chi connectivity index (χ1v) is 5.64. The third-order valence-corrected chi connectivity index (χ3v) is 2.45. The number of nitro benzene ring substituents is 1. The highest BCUT2D eigenvalue weighted by Gasteiger charge is 2.14. The molecule has 1 aromatic rings. The maximum Gasteiger partial charge on any atom is 0.325 e. The molecule has 1 aromatic carbocycles. The average molecular weight is 252 g/mol. The molecular formula is C12H16N2O4. The van der Waals surface area contributed by atoms with Crippen LogP contribution in [0, 0.1) is 10.1 Å². The van der Waals surface area contributed by atoms with E-state index in [2.05, 4.69) is 4.74 Å². The predicted molar refractivity (Wildman–Crippen MR) is 67.6 cm³/mol. The fraction of sp³-hybridized carbons (Fsp3) is 0.417. The summed E-state index contributed by atoms with van der Waals surface area (Å²) in [6, 6.07) is 6.23. The van der Waals surface area contributed by atoms with Gasteiger partial charge in [-0.05, 0) is 12.5 Å². The van der Waals surface area contributed by atoms with Gasteiger partial charge in [-0.3, -0.25) is 14.9 Å². The first-order valence-electron chi connectivity index (χ1n) is 5.64. The maximum atomic E-state index is 11.3. The number of esters is 1. The van der Waals surface area contributed by atoms with E-state index in [0.29, 0.717) is 12.2 Å². The topological polar surface area (TPSA) is 72.7 Å². The van der Waals surface area contributed by atoms with Crippen LogP contribution < -0.4 is 4.90 Å². The van der Waals surface area contributed by atoms with E-state index >= 15 is 0 Å². The number of carbonyl (C=O) groups excluding carboxylic acids is 1. The molecule has 98 valence electrons. The molecule has 0 aliphatic rings. The normalized spacial score (nSPS) is 9.89. The van der Waals surface area contributed by atoms with Crippen molar-refractivity contribution >= 4 is 17.3 Å². The summed E-state index contributed by atoms with van der Waals surface area (Å²) in [5.74, 6) is -0.366. The van der Waals surface area contributed by atoms with E-state index in [-0.39, 0.29) is 18.2 Å². The minimum Gasteiger partial charge on any atom is -0.468 e. The molecule has 0 radical (unpaired) electrons. The number of methoxy groups -OCH3 is 1. The van der Waals surface area contributed by atoms with Crippen molar-refractivity contribution in [1.82, 2.24) is 0 Å². The summed E-state index contributed by atoms with van der Waals surface area (Å²) in [4.78, 5) is 23.3. The summed E-state index contributed by atoms with van der Waals surface area (Å²) in [5, 5.41) is 10.7. The zero-order valence-electron chi connectivity index (χ0n) is 10.5. The molecule has 0 saturated heterocycles. The number of non-ortho nitro benzene ring substituents is 1. The lowest BCUT2D eigenvalue weighted by atomic mass is 10.2.